The quantitative estimate of drug-likeness (QED) is 0.360. The smallest absolute Gasteiger partial charge is 1.00 e. The molecular weight excluding hydrogens is 276 g/mol. The molecule has 0 saturated heterocycles. The Morgan fingerprint density at radius 2 is 2.13 bits per heavy atom. The summed E-state index contributed by atoms with van der Waals surface area (Å²) in [7, 11) is 1.56. The molecule has 1 aromatic carbocycles. The third kappa shape index (κ3) is 3.71. The van der Waals surface area contributed by atoms with Crippen LogP contribution < -0.4 is 31.2 Å². The van der Waals surface area contributed by atoms with E-state index in [0.717, 1.165) is 0 Å². The zero-order valence-corrected chi connectivity index (χ0v) is 11.3. The number of fused-ring (bicyclic) bond motifs is 1. The summed E-state index contributed by atoms with van der Waals surface area (Å²) in [6.07, 6.45) is 0. The van der Waals surface area contributed by atoms with Crippen molar-refractivity contribution in [3.05, 3.63) is 18.2 Å². The molecule has 0 N–H and O–H groups in total. The Labute approximate surface area is 115 Å². The van der Waals surface area contributed by atoms with E-state index in [0.29, 0.717) is 17.2 Å². The Bertz CT molecular complexity index is 308. The van der Waals surface area contributed by atoms with Gasteiger partial charge in [0.2, 0.25) is 6.79 Å². The van der Waals surface area contributed by atoms with Crippen LogP contribution in [0.4, 0.5) is 0 Å². The Morgan fingerprint density at radius 1 is 1.40 bits per heavy atom. The fourth-order valence-corrected chi connectivity index (χ4v) is 1.03. The van der Waals surface area contributed by atoms with E-state index in [-0.39, 0.29) is 53.6 Å². The van der Waals surface area contributed by atoms with Gasteiger partial charge < -0.3 is 35.9 Å². The molecular formula is C9H9BrMgO4. The number of hydrogen-bond acceptors (Lipinski definition) is 4. The van der Waals surface area contributed by atoms with Gasteiger partial charge in [0, 0.05) is 12.9 Å². The van der Waals surface area contributed by atoms with Gasteiger partial charge in [0.1, 0.15) is 0 Å². The van der Waals surface area contributed by atoms with Crippen molar-refractivity contribution >= 4 is 23.1 Å². The third-order valence-corrected chi connectivity index (χ3v) is 1.61. The minimum absolute atomic E-state index is 0. The van der Waals surface area contributed by atoms with Crippen LogP contribution in [0.15, 0.2) is 12.1 Å². The maximum absolute atomic E-state index is 5.17. The van der Waals surface area contributed by atoms with E-state index < -0.39 is 0 Å². The number of methoxy groups -OCH3 is 1. The van der Waals surface area contributed by atoms with Crippen LogP contribution in [-0.4, -0.2) is 43.7 Å². The van der Waals surface area contributed by atoms with E-state index in [1.165, 1.54) is 0 Å². The number of benzene rings is 1. The molecule has 0 fully saturated rings. The van der Waals surface area contributed by atoms with Crippen LogP contribution in [0.25, 0.3) is 0 Å². The van der Waals surface area contributed by atoms with Crippen molar-refractivity contribution in [3.63, 3.8) is 0 Å². The average molecular weight is 285 g/mol. The van der Waals surface area contributed by atoms with Crippen LogP contribution in [0, 0.1) is 6.07 Å². The summed E-state index contributed by atoms with van der Waals surface area (Å²) in [5.41, 5.74) is 0. The molecule has 0 radical (unpaired) electrons. The van der Waals surface area contributed by atoms with Crippen LogP contribution in [-0.2, 0) is 4.74 Å². The Morgan fingerprint density at radius 3 is 2.87 bits per heavy atom. The predicted molar refractivity (Wildman–Crippen MR) is 49.7 cm³/mol. The van der Waals surface area contributed by atoms with Gasteiger partial charge in [-0.25, -0.2) is 0 Å². The first-order valence-electron chi connectivity index (χ1n) is 3.83. The van der Waals surface area contributed by atoms with Crippen LogP contribution in [0.5, 0.6) is 17.2 Å². The second-order valence-electron chi connectivity index (χ2n) is 2.48. The van der Waals surface area contributed by atoms with Gasteiger partial charge in [0.15, 0.2) is 6.79 Å². The van der Waals surface area contributed by atoms with Gasteiger partial charge in [-0.15, -0.1) is 12.1 Å². The fraction of sp³-hybridized carbons (Fsp3) is 0.333. The summed E-state index contributed by atoms with van der Waals surface area (Å²) >= 11 is 0. The van der Waals surface area contributed by atoms with E-state index in [9.17, 15) is 0 Å². The van der Waals surface area contributed by atoms with Gasteiger partial charge in [-0.3, -0.25) is 0 Å². The molecule has 1 heterocycles. The molecule has 0 bridgehead atoms. The minimum Gasteiger partial charge on any atom is -1.00 e. The molecule has 1 aliphatic heterocycles. The molecule has 0 saturated carbocycles. The summed E-state index contributed by atoms with van der Waals surface area (Å²) in [6, 6.07) is 6.31. The zero-order valence-electron chi connectivity index (χ0n) is 8.29. The molecule has 1 aromatic rings. The molecule has 0 aromatic heterocycles. The van der Waals surface area contributed by atoms with Gasteiger partial charge in [0.25, 0.3) is 0 Å². The summed E-state index contributed by atoms with van der Waals surface area (Å²) < 4.78 is 20.2. The molecule has 0 atom stereocenters. The van der Waals surface area contributed by atoms with Gasteiger partial charge in [-0.05, 0) is 0 Å². The van der Waals surface area contributed by atoms with Gasteiger partial charge in [-0.1, -0.05) is 6.07 Å². The van der Waals surface area contributed by atoms with E-state index in [2.05, 4.69) is 6.07 Å². The number of rotatable bonds is 3. The van der Waals surface area contributed by atoms with Crippen molar-refractivity contribution < 1.29 is 35.9 Å². The molecule has 1 aliphatic rings. The number of halogens is 1. The van der Waals surface area contributed by atoms with E-state index >= 15 is 0 Å². The standard InChI is InChI=1S/C9H9O4.BrH.Mg/c1-10-5-11-7-2-3-8-9(4-7)13-6-12-8;;/h3-4H,5-6H2,1H3;1H;/q-1;;+2/p-1. The van der Waals surface area contributed by atoms with E-state index in [4.69, 9.17) is 18.9 Å². The maximum Gasteiger partial charge on any atom is 2.00 e. The van der Waals surface area contributed by atoms with Crippen LogP contribution in [0.2, 0.25) is 0 Å². The zero-order chi connectivity index (χ0) is 9.10. The average Bonchev–Trinajstić information content (AvgIpc) is 2.61. The first-order valence-corrected chi connectivity index (χ1v) is 3.83. The Balaban J connectivity index is 0.000000980. The molecule has 0 spiro atoms. The van der Waals surface area contributed by atoms with Gasteiger partial charge in [-0.2, -0.15) is 0 Å². The minimum atomic E-state index is 0. The Kier molecular flexibility index (Phi) is 7.07. The van der Waals surface area contributed by atoms with E-state index in [1.807, 2.05) is 0 Å². The molecule has 2 rings (SSSR count). The number of ether oxygens (including phenoxy) is 4. The van der Waals surface area contributed by atoms with Crippen molar-refractivity contribution in [2.75, 3.05) is 20.7 Å². The van der Waals surface area contributed by atoms with Crippen molar-refractivity contribution in [1.29, 1.82) is 0 Å². The second-order valence-corrected chi connectivity index (χ2v) is 2.48. The topological polar surface area (TPSA) is 36.9 Å². The van der Waals surface area contributed by atoms with Gasteiger partial charge >= 0.3 is 23.1 Å². The first-order chi connectivity index (χ1) is 6.40. The molecule has 6 heteroatoms. The molecule has 0 amide bonds. The molecule has 0 unspecified atom stereocenters. The monoisotopic (exact) mass is 284 g/mol. The first kappa shape index (κ1) is 14.8. The van der Waals surface area contributed by atoms with Crippen molar-refractivity contribution in [2.24, 2.45) is 0 Å². The van der Waals surface area contributed by atoms with Gasteiger partial charge in [0.05, 0.1) is 11.5 Å². The summed E-state index contributed by atoms with van der Waals surface area (Å²) in [4.78, 5) is 0. The number of hydrogen-bond donors (Lipinski definition) is 0. The van der Waals surface area contributed by atoms with Crippen molar-refractivity contribution in [1.82, 2.24) is 0 Å². The summed E-state index contributed by atoms with van der Waals surface area (Å²) in [5.74, 6) is 1.97. The Hall–Kier alpha value is -0.174. The summed E-state index contributed by atoms with van der Waals surface area (Å²) in [6.45, 7) is 0.465. The molecule has 15 heavy (non-hydrogen) atoms. The third-order valence-electron chi connectivity index (χ3n) is 1.61. The molecule has 0 aliphatic carbocycles. The summed E-state index contributed by atoms with van der Waals surface area (Å²) in [5, 5.41) is 0. The van der Waals surface area contributed by atoms with E-state index in [1.54, 1.807) is 19.2 Å². The maximum atomic E-state index is 5.17. The van der Waals surface area contributed by atoms with Crippen LogP contribution in [0.1, 0.15) is 0 Å². The van der Waals surface area contributed by atoms with Crippen molar-refractivity contribution in [3.8, 4) is 17.2 Å². The second kappa shape index (κ2) is 7.16. The SMILES string of the molecule is COCOc1[c-]cc2c(c1)OCO2.[Br-].[Mg+2]. The molecule has 78 valence electrons. The van der Waals surface area contributed by atoms with Crippen molar-refractivity contribution in [2.45, 2.75) is 0 Å². The largest absolute Gasteiger partial charge is 2.00 e. The normalized spacial score (nSPS) is 11.3. The predicted octanol–water partition coefficient (Wildman–Crippen LogP) is -2.18. The fourth-order valence-electron chi connectivity index (χ4n) is 1.03. The molecule has 4 nitrogen and oxygen atoms in total. The van der Waals surface area contributed by atoms with Crippen LogP contribution in [0.3, 0.4) is 0 Å². The van der Waals surface area contributed by atoms with Crippen LogP contribution >= 0.6 is 0 Å².